The lowest BCUT2D eigenvalue weighted by atomic mass is 9.97. The summed E-state index contributed by atoms with van der Waals surface area (Å²) < 4.78 is 38.4. The van der Waals surface area contributed by atoms with Crippen molar-refractivity contribution >= 4 is 5.91 Å². The Morgan fingerprint density at radius 2 is 1.92 bits per heavy atom. The predicted molar refractivity (Wildman–Crippen MR) is 90.0 cm³/mol. The molecule has 0 N–H and O–H groups in total. The van der Waals surface area contributed by atoms with E-state index in [4.69, 9.17) is 0 Å². The number of carbonyl (C=O) groups is 1. The van der Waals surface area contributed by atoms with Gasteiger partial charge in [-0.15, -0.1) is 0 Å². The van der Waals surface area contributed by atoms with Crippen LogP contribution in [0.25, 0.3) is 0 Å². The Balaban J connectivity index is 1.64. The Kier molecular flexibility index (Phi) is 4.84. The van der Waals surface area contributed by atoms with Crippen molar-refractivity contribution in [3.05, 3.63) is 70.8 Å². The van der Waals surface area contributed by atoms with Crippen molar-refractivity contribution < 1.29 is 18.0 Å². The highest BCUT2D eigenvalue weighted by Gasteiger charge is 2.30. The van der Waals surface area contributed by atoms with Crippen LogP contribution in [0.3, 0.4) is 0 Å². The Morgan fingerprint density at radius 3 is 2.68 bits per heavy atom. The van der Waals surface area contributed by atoms with Crippen LogP contribution in [0.1, 0.15) is 41.0 Å². The minimum atomic E-state index is -4.37. The maximum absolute atomic E-state index is 12.8. The molecule has 132 valence electrons. The highest BCUT2D eigenvalue weighted by atomic mass is 19.4. The van der Waals surface area contributed by atoms with E-state index in [1.54, 1.807) is 13.1 Å². The van der Waals surface area contributed by atoms with Crippen LogP contribution < -0.4 is 0 Å². The second-order valence-corrected chi connectivity index (χ2v) is 6.59. The minimum absolute atomic E-state index is 0.0425. The Labute approximate surface area is 145 Å². The van der Waals surface area contributed by atoms with Gasteiger partial charge < -0.3 is 4.90 Å². The van der Waals surface area contributed by atoms with Gasteiger partial charge in [0.15, 0.2) is 0 Å². The summed E-state index contributed by atoms with van der Waals surface area (Å²) in [6, 6.07) is 13.3. The van der Waals surface area contributed by atoms with Crippen molar-refractivity contribution in [2.24, 2.45) is 0 Å². The van der Waals surface area contributed by atoms with E-state index in [0.29, 0.717) is 12.0 Å². The van der Waals surface area contributed by atoms with Gasteiger partial charge in [0.05, 0.1) is 5.56 Å². The third-order valence-corrected chi connectivity index (χ3v) is 4.78. The number of halogens is 3. The lowest BCUT2D eigenvalue weighted by Crippen LogP contribution is -2.27. The molecule has 2 aromatic carbocycles. The molecule has 0 fully saturated rings. The molecule has 0 bridgehead atoms. The molecule has 25 heavy (non-hydrogen) atoms. The summed E-state index contributed by atoms with van der Waals surface area (Å²) in [4.78, 5) is 14.0. The standard InChI is InChI=1S/C20H20F3NO/c1-24(13-14-5-4-7-17(11-14)20(21,22)23)19(25)12-16-10-9-15-6-2-3-8-18(15)16/h2-8,11,16H,9-10,12-13H2,1H3. The molecule has 3 rings (SSSR count). The van der Waals surface area contributed by atoms with Gasteiger partial charge in [0.1, 0.15) is 0 Å². The fraction of sp³-hybridized carbons (Fsp3) is 0.350. The monoisotopic (exact) mass is 347 g/mol. The zero-order valence-corrected chi connectivity index (χ0v) is 14.0. The predicted octanol–water partition coefficient (Wildman–Crippen LogP) is 4.78. The van der Waals surface area contributed by atoms with Gasteiger partial charge in [0.25, 0.3) is 0 Å². The fourth-order valence-corrected chi connectivity index (χ4v) is 3.43. The molecule has 1 atom stereocenters. The molecule has 1 amide bonds. The van der Waals surface area contributed by atoms with Gasteiger partial charge in [-0.2, -0.15) is 13.2 Å². The van der Waals surface area contributed by atoms with Gasteiger partial charge >= 0.3 is 6.18 Å². The molecular weight excluding hydrogens is 327 g/mol. The molecule has 0 saturated heterocycles. The first kappa shape index (κ1) is 17.5. The zero-order valence-electron chi connectivity index (χ0n) is 14.0. The number of alkyl halides is 3. The topological polar surface area (TPSA) is 20.3 Å². The molecule has 0 aliphatic heterocycles. The number of aryl methyl sites for hydroxylation is 1. The molecule has 1 aliphatic rings. The normalized spacial score (nSPS) is 16.6. The van der Waals surface area contributed by atoms with Crippen LogP contribution in [-0.2, 0) is 23.9 Å². The molecule has 0 radical (unpaired) electrons. The lowest BCUT2D eigenvalue weighted by Gasteiger charge is -2.20. The van der Waals surface area contributed by atoms with Crippen molar-refractivity contribution in [2.75, 3.05) is 7.05 Å². The SMILES string of the molecule is CN(Cc1cccc(C(F)(F)F)c1)C(=O)CC1CCc2ccccc21. The summed E-state index contributed by atoms with van der Waals surface area (Å²) in [5.41, 5.74) is 2.32. The molecule has 0 aromatic heterocycles. The summed E-state index contributed by atoms with van der Waals surface area (Å²) in [5, 5.41) is 0. The highest BCUT2D eigenvalue weighted by Crippen LogP contribution is 2.35. The van der Waals surface area contributed by atoms with Gasteiger partial charge in [-0.1, -0.05) is 36.4 Å². The van der Waals surface area contributed by atoms with E-state index in [2.05, 4.69) is 12.1 Å². The number of hydrogen-bond donors (Lipinski definition) is 0. The summed E-state index contributed by atoms with van der Waals surface area (Å²) in [6.07, 6.45) is -2.05. The zero-order chi connectivity index (χ0) is 18.0. The van der Waals surface area contributed by atoms with Crippen molar-refractivity contribution in [3.8, 4) is 0 Å². The smallest absolute Gasteiger partial charge is 0.341 e. The van der Waals surface area contributed by atoms with E-state index < -0.39 is 11.7 Å². The number of nitrogens with zero attached hydrogens (tertiary/aromatic N) is 1. The molecular formula is C20H20F3NO. The average Bonchev–Trinajstić information content (AvgIpc) is 2.97. The summed E-state index contributed by atoms with van der Waals surface area (Å²) >= 11 is 0. The number of rotatable bonds is 4. The van der Waals surface area contributed by atoms with Crippen LogP contribution in [0.2, 0.25) is 0 Å². The van der Waals surface area contributed by atoms with Crippen molar-refractivity contribution in [1.82, 2.24) is 4.90 Å². The number of amides is 1. The van der Waals surface area contributed by atoms with Crippen molar-refractivity contribution in [2.45, 2.75) is 37.9 Å². The van der Waals surface area contributed by atoms with Gasteiger partial charge in [-0.05, 0) is 47.6 Å². The van der Waals surface area contributed by atoms with E-state index >= 15 is 0 Å². The Bertz CT molecular complexity index is 770. The molecule has 2 nitrogen and oxygen atoms in total. The Morgan fingerprint density at radius 1 is 1.16 bits per heavy atom. The maximum atomic E-state index is 12.8. The number of carbonyl (C=O) groups excluding carboxylic acids is 1. The minimum Gasteiger partial charge on any atom is -0.341 e. The number of fused-ring (bicyclic) bond motifs is 1. The van der Waals surface area contributed by atoms with E-state index in [1.807, 2.05) is 12.1 Å². The highest BCUT2D eigenvalue weighted by molar-refractivity contribution is 5.77. The quantitative estimate of drug-likeness (QED) is 0.779. The van der Waals surface area contributed by atoms with E-state index in [-0.39, 0.29) is 18.4 Å². The summed E-state index contributed by atoms with van der Waals surface area (Å²) in [6.45, 7) is 0.178. The molecule has 0 spiro atoms. The molecule has 2 aromatic rings. The third-order valence-electron chi connectivity index (χ3n) is 4.78. The molecule has 1 unspecified atom stereocenters. The van der Waals surface area contributed by atoms with Crippen LogP contribution in [-0.4, -0.2) is 17.9 Å². The molecule has 1 aliphatic carbocycles. The molecule has 5 heteroatoms. The lowest BCUT2D eigenvalue weighted by molar-refractivity contribution is -0.137. The van der Waals surface area contributed by atoms with Crippen molar-refractivity contribution in [1.29, 1.82) is 0 Å². The third kappa shape index (κ3) is 4.03. The summed E-state index contributed by atoms with van der Waals surface area (Å²) in [7, 11) is 1.64. The first-order valence-electron chi connectivity index (χ1n) is 8.32. The van der Waals surface area contributed by atoms with E-state index in [1.165, 1.54) is 22.1 Å². The molecule has 0 heterocycles. The van der Waals surface area contributed by atoms with E-state index in [0.717, 1.165) is 25.0 Å². The van der Waals surface area contributed by atoms with Crippen molar-refractivity contribution in [3.63, 3.8) is 0 Å². The second kappa shape index (κ2) is 6.90. The first-order valence-corrected chi connectivity index (χ1v) is 8.32. The maximum Gasteiger partial charge on any atom is 0.416 e. The van der Waals surface area contributed by atoms with Gasteiger partial charge in [0, 0.05) is 20.0 Å². The number of benzene rings is 2. The molecule has 0 saturated carbocycles. The van der Waals surface area contributed by atoms with E-state index in [9.17, 15) is 18.0 Å². The van der Waals surface area contributed by atoms with Gasteiger partial charge in [-0.25, -0.2) is 0 Å². The largest absolute Gasteiger partial charge is 0.416 e. The average molecular weight is 347 g/mol. The summed E-state index contributed by atoms with van der Waals surface area (Å²) in [5.74, 6) is 0.159. The van der Waals surface area contributed by atoms with Crippen LogP contribution in [0.4, 0.5) is 13.2 Å². The number of hydrogen-bond acceptors (Lipinski definition) is 1. The van der Waals surface area contributed by atoms with Gasteiger partial charge in [-0.3, -0.25) is 4.79 Å². The van der Waals surface area contributed by atoms with Crippen LogP contribution in [0, 0.1) is 0 Å². The first-order chi connectivity index (χ1) is 11.8. The Hall–Kier alpha value is -2.30. The van der Waals surface area contributed by atoms with Crippen LogP contribution in [0.15, 0.2) is 48.5 Å². The van der Waals surface area contributed by atoms with Gasteiger partial charge in [0.2, 0.25) is 5.91 Å². The fourth-order valence-electron chi connectivity index (χ4n) is 3.43. The van der Waals surface area contributed by atoms with Crippen LogP contribution in [0.5, 0.6) is 0 Å². The van der Waals surface area contributed by atoms with Crippen LogP contribution >= 0.6 is 0 Å². The second-order valence-electron chi connectivity index (χ2n) is 6.59.